The number of amides is 1. The Hall–Kier alpha value is -1.78. The van der Waals surface area contributed by atoms with Crippen molar-refractivity contribution in [1.29, 1.82) is 0 Å². The van der Waals surface area contributed by atoms with Gasteiger partial charge in [-0.3, -0.25) is 9.59 Å². The summed E-state index contributed by atoms with van der Waals surface area (Å²) in [4.78, 5) is 25.7. The van der Waals surface area contributed by atoms with Crippen molar-refractivity contribution in [3.63, 3.8) is 0 Å². The predicted molar refractivity (Wildman–Crippen MR) is 97.7 cm³/mol. The number of nitrogens with one attached hydrogen (secondary N) is 1. The molecule has 10 heteroatoms. The first-order chi connectivity index (χ1) is 12.5. The molecule has 3 aliphatic heterocycles. The first-order valence-corrected chi connectivity index (χ1v) is 12.0. The van der Waals surface area contributed by atoms with E-state index in [1.165, 1.54) is 4.31 Å². The topological polar surface area (TPSA) is 118 Å². The van der Waals surface area contributed by atoms with Gasteiger partial charge >= 0.3 is 0 Å². The van der Waals surface area contributed by atoms with Gasteiger partial charge in [0.25, 0.3) is 5.91 Å². The third-order valence-electron chi connectivity index (χ3n) is 5.87. The molecule has 0 spiro atoms. The molecule has 1 amide bonds. The number of Topliss-reactive ketones (excluding diaryl/α,β-unsaturated/α-hetero) is 1. The van der Waals surface area contributed by atoms with Crippen LogP contribution in [0.1, 0.15) is 34.1 Å². The molecule has 3 heterocycles. The average molecular weight is 412 g/mol. The van der Waals surface area contributed by atoms with Crippen LogP contribution in [0.15, 0.2) is 24.3 Å². The molecule has 3 atom stereocenters. The molecule has 27 heavy (non-hydrogen) atoms. The Bertz CT molecular complexity index is 1050. The first kappa shape index (κ1) is 18.6. The number of benzene rings is 1. The first-order valence-electron chi connectivity index (χ1n) is 8.69. The summed E-state index contributed by atoms with van der Waals surface area (Å²) in [6.07, 6.45) is 0.0612. The number of sulfone groups is 1. The molecule has 1 unspecified atom stereocenters. The van der Waals surface area contributed by atoms with E-state index in [1.54, 1.807) is 31.2 Å². The molecule has 1 aromatic rings. The molecule has 2 saturated heterocycles. The summed E-state index contributed by atoms with van der Waals surface area (Å²) < 4.78 is 50.5. The summed E-state index contributed by atoms with van der Waals surface area (Å²) in [6.45, 7) is 1.54. The summed E-state index contributed by atoms with van der Waals surface area (Å²) in [6, 6.07) is 5.82. The summed E-state index contributed by atoms with van der Waals surface area (Å²) in [7, 11) is -7.24. The van der Waals surface area contributed by atoms with Crippen molar-refractivity contribution in [1.82, 2.24) is 9.62 Å². The highest BCUT2D eigenvalue weighted by Crippen LogP contribution is 2.39. The Balaban J connectivity index is 1.69. The Morgan fingerprint density at radius 2 is 1.85 bits per heavy atom. The lowest BCUT2D eigenvalue weighted by atomic mass is 9.78. The highest BCUT2D eigenvalue weighted by Gasteiger charge is 2.55. The monoisotopic (exact) mass is 412 g/mol. The van der Waals surface area contributed by atoms with Crippen LogP contribution in [-0.2, 0) is 19.9 Å². The van der Waals surface area contributed by atoms with E-state index >= 15 is 0 Å². The Kier molecular flexibility index (Phi) is 4.03. The van der Waals surface area contributed by atoms with Gasteiger partial charge in [-0.05, 0) is 19.4 Å². The van der Waals surface area contributed by atoms with Crippen LogP contribution < -0.4 is 5.32 Å². The summed E-state index contributed by atoms with van der Waals surface area (Å²) in [5, 5.41) is 1.80. The van der Waals surface area contributed by atoms with Gasteiger partial charge in [0.15, 0.2) is 15.6 Å². The van der Waals surface area contributed by atoms with E-state index in [0.29, 0.717) is 0 Å². The van der Waals surface area contributed by atoms with E-state index in [9.17, 15) is 26.4 Å². The Labute approximate surface area is 157 Å². The largest absolute Gasteiger partial charge is 0.347 e. The van der Waals surface area contributed by atoms with Gasteiger partial charge in [-0.1, -0.05) is 18.2 Å². The number of sulfonamides is 1. The van der Waals surface area contributed by atoms with Crippen molar-refractivity contribution < 1.29 is 26.4 Å². The molecule has 0 radical (unpaired) electrons. The number of nitrogens with zero attached hydrogens (tertiary/aromatic N) is 1. The van der Waals surface area contributed by atoms with E-state index in [4.69, 9.17) is 0 Å². The van der Waals surface area contributed by atoms with Crippen molar-refractivity contribution in [2.75, 3.05) is 24.6 Å². The maximum absolute atomic E-state index is 13.2. The maximum Gasteiger partial charge on any atom is 0.252 e. The fraction of sp³-hybridized carbons (Fsp3) is 0.529. The minimum absolute atomic E-state index is 0.0408. The molecule has 0 aromatic heterocycles. The lowest BCUT2D eigenvalue weighted by molar-refractivity contribution is 0.0796. The maximum atomic E-state index is 13.2. The second kappa shape index (κ2) is 5.86. The summed E-state index contributed by atoms with van der Waals surface area (Å²) in [5.41, 5.74) is -0.538. The number of carbonyl (C=O) groups excluding carboxylic acids is 2. The van der Waals surface area contributed by atoms with Crippen LogP contribution in [0.2, 0.25) is 0 Å². The molecular formula is C17H20N2O6S2. The molecule has 2 fully saturated rings. The zero-order valence-corrected chi connectivity index (χ0v) is 16.3. The van der Waals surface area contributed by atoms with Crippen LogP contribution in [-0.4, -0.2) is 68.7 Å². The van der Waals surface area contributed by atoms with Gasteiger partial charge in [-0.15, -0.1) is 0 Å². The molecule has 0 bridgehead atoms. The Morgan fingerprint density at radius 1 is 1.19 bits per heavy atom. The van der Waals surface area contributed by atoms with Gasteiger partial charge in [0, 0.05) is 18.7 Å². The highest BCUT2D eigenvalue weighted by molar-refractivity contribution is 7.95. The third-order valence-corrected chi connectivity index (χ3v) is 10.1. The van der Waals surface area contributed by atoms with Crippen LogP contribution in [0, 0.1) is 5.41 Å². The van der Waals surface area contributed by atoms with E-state index in [2.05, 4.69) is 5.32 Å². The second-order valence-electron chi connectivity index (χ2n) is 7.68. The van der Waals surface area contributed by atoms with Crippen molar-refractivity contribution in [2.24, 2.45) is 5.41 Å². The van der Waals surface area contributed by atoms with E-state index in [-0.39, 0.29) is 42.2 Å². The highest BCUT2D eigenvalue weighted by atomic mass is 32.2. The quantitative estimate of drug-likeness (QED) is 0.720. The number of fused-ring (bicyclic) bond motifs is 2. The van der Waals surface area contributed by atoms with Crippen molar-refractivity contribution in [2.45, 2.75) is 24.6 Å². The lowest BCUT2D eigenvalue weighted by Crippen LogP contribution is -2.47. The van der Waals surface area contributed by atoms with Gasteiger partial charge < -0.3 is 5.32 Å². The molecule has 1 N–H and O–H groups in total. The SMILES string of the molecule is C[C@]12CN(S(=O)(=O)C3CCS(=O)(=O)C3)C[C@H]1NC(=O)c1ccccc1C2=O. The van der Waals surface area contributed by atoms with Gasteiger partial charge in [0.1, 0.15) is 0 Å². The van der Waals surface area contributed by atoms with E-state index in [1.807, 2.05) is 0 Å². The second-order valence-corrected chi connectivity index (χ2v) is 12.1. The zero-order chi connectivity index (χ0) is 19.6. The number of rotatable bonds is 2. The van der Waals surface area contributed by atoms with Crippen LogP contribution in [0.25, 0.3) is 0 Å². The number of ketones is 1. The van der Waals surface area contributed by atoms with Gasteiger partial charge in [-0.2, -0.15) is 4.31 Å². The lowest BCUT2D eigenvalue weighted by Gasteiger charge is -2.27. The van der Waals surface area contributed by atoms with E-state index < -0.39 is 48.2 Å². The Morgan fingerprint density at radius 3 is 2.48 bits per heavy atom. The predicted octanol–water partition coefficient (Wildman–Crippen LogP) is -0.180. The normalized spacial score (nSPS) is 33.2. The molecule has 1 aromatic carbocycles. The number of hydrogen-bond acceptors (Lipinski definition) is 6. The number of hydrogen-bond donors (Lipinski definition) is 1. The summed E-state index contributed by atoms with van der Waals surface area (Å²) >= 11 is 0. The molecular weight excluding hydrogens is 392 g/mol. The minimum Gasteiger partial charge on any atom is -0.347 e. The fourth-order valence-corrected chi connectivity index (χ4v) is 8.85. The van der Waals surface area contributed by atoms with Crippen molar-refractivity contribution in [3.8, 4) is 0 Å². The van der Waals surface area contributed by atoms with Crippen LogP contribution in [0.5, 0.6) is 0 Å². The molecule has 8 nitrogen and oxygen atoms in total. The van der Waals surface area contributed by atoms with Gasteiger partial charge in [-0.25, -0.2) is 16.8 Å². The van der Waals surface area contributed by atoms with Gasteiger partial charge in [0.2, 0.25) is 10.0 Å². The van der Waals surface area contributed by atoms with E-state index in [0.717, 1.165) is 0 Å². The molecule has 4 rings (SSSR count). The standard InChI is InChI=1S/C17H20N2O6S2/c1-17-10-19(27(24,25)11-6-7-26(22,23)9-11)8-14(17)18-16(21)13-5-3-2-4-12(13)15(17)20/h2-5,11,14H,6-10H2,1H3,(H,18,21)/t11?,14-,17+/m1/s1. The van der Waals surface area contributed by atoms with Gasteiger partial charge in [0.05, 0.1) is 33.8 Å². The summed E-state index contributed by atoms with van der Waals surface area (Å²) in [5.74, 6) is -1.22. The smallest absolute Gasteiger partial charge is 0.252 e. The van der Waals surface area contributed by atoms with Crippen LogP contribution in [0.3, 0.4) is 0 Å². The third kappa shape index (κ3) is 2.81. The fourth-order valence-electron chi connectivity index (χ4n) is 4.20. The van der Waals surface area contributed by atoms with Crippen LogP contribution >= 0.6 is 0 Å². The van der Waals surface area contributed by atoms with Crippen molar-refractivity contribution in [3.05, 3.63) is 35.4 Å². The zero-order valence-electron chi connectivity index (χ0n) is 14.7. The van der Waals surface area contributed by atoms with Crippen molar-refractivity contribution >= 4 is 31.6 Å². The molecule has 0 saturated carbocycles. The van der Waals surface area contributed by atoms with Crippen LogP contribution in [0.4, 0.5) is 0 Å². The molecule has 0 aliphatic carbocycles. The minimum atomic E-state index is -3.89. The molecule has 3 aliphatic rings. The number of carbonyl (C=O) groups is 2. The molecule has 146 valence electrons. The average Bonchev–Trinajstić information content (AvgIpc) is 3.13.